The van der Waals surface area contributed by atoms with Crippen molar-refractivity contribution in [2.24, 2.45) is 5.10 Å². The van der Waals surface area contributed by atoms with E-state index in [0.717, 1.165) is 11.1 Å². The molecule has 4 aromatic rings. The van der Waals surface area contributed by atoms with Crippen LogP contribution in [0, 0.1) is 13.8 Å². The molecule has 41 heavy (non-hydrogen) atoms. The summed E-state index contributed by atoms with van der Waals surface area (Å²) in [6.45, 7) is 3.51. The lowest BCUT2D eigenvalue weighted by Crippen LogP contribution is -2.32. The molecule has 4 rings (SSSR count). The summed E-state index contributed by atoms with van der Waals surface area (Å²) in [7, 11) is -3.95. The molecule has 0 saturated carbocycles. The fraction of sp³-hybridized carbons (Fsp3) is 0.138. The number of hydrogen-bond donors (Lipinski definition) is 2. The Morgan fingerprint density at radius 2 is 1.66 bits per heavy atom. The van der Waals surface area contributed by atoms with Crippen molar-refractivity contribution in [2.45, 2.75) is 31.8 Å². The summed E-state index contributed by atoms with van der Waals surface area (Å²) >= 11 is 12.4. The van der Waals surface area contributed by atoms with E-state index in [2.05, 4.69) is 15.8 Å². The topological polar surface area (TPSA) is 121 Å². The number of sulfonamides is 1. The average molecular weight is 614 g/mol. The quantitative estimate of drug-likeness (QED) is 0.143. The van der Waals surface area contributed by atoms with Crippen LogP contribution in [0.4, 0.5) is 5.69 Å². The lowest BCUT2D eigenvalue weighted by Gasteiger charge is -2.22. The minimum atomic E-state index is -3.95. The van der Waals surface area contributed by atoms with Crippen LogP contribution in [0.15, 0.2) is 93.3 Å². The van der Waals surface area contributed by atoms with E-state index in [1.54, 1.807) is 79.7 Å². The second-order valence-corrected chi connectivity index (χ2v) is 11.9. The lowest BCUT2D eigenvalue weighted by molar-refractivity contribution is -0.136. The number of anilines is 1. The smallest absolute Gasteiger partial charge is 0.329 e. The molecule has 0 aliphatic heterocycles. The van der Waals surface area contributed by atoms with Crippen molar-refractivity contribution in [3.05, 3.63) is 117 Å². The number of aryl methyl sites for hydroxylation is 2. The highest BCUT2D eigenvalue weighted by Gasteiger charge is 2.27. The summed E-state index contributed by atoms with van der Waals surface area (Å²) in [6.07, 6.45) is 1.21. The van der Waals surface area contributed by atoms with E-state index in [1.807, 2.05) is 13.0 Å². The standard InChI is InChI=1S/C29H26Cl2N4O5S/c1-19-7-13-25(14-8-19)41(38,39)35(17-21-9-10-22(30)15-26(21)31)18-24-12-11-23(40-24)16-32-34-29(37)28(36)33-27-6-4-3-5-20(27)2/h3-16H,17-18H2,1-2H3,(H,33,36)(H,34,37)/b32-16+. The summed E-state index contributed by atoms with van der Waals surface area (Å²) in [6, 6.07) is 21.6. The van der Waals surface area contributed by atoms with Crippen molar-refractivity contribution in [3.8, 4) is 0 Å². The van der Waals surface area contributed by atoms with Crippen molar-refractivity contribution in [1.29, 1.82) is 0 Å². The van der Waals surface area contributed by atoms with Crippen LogP contribution in [0.25, 0.3) is 0 Å². The third-order valence-corrected chi connectivity index (χ3v) is 8.39. The van der Waals surface area contributed by atoms with Gasteiger partial charge in [-0.1, -0.05) is 65.2 Å². The number of nitrogens with zero attached hydrogens (tertiary/aromatic N) is 2. The number of benzene rings is 3. The van der Waals surface area contributed by atoms with Gasteiger partial charge in [-0.05, 0) is 67.4 Å². The summed E-state index contributed by atoms with van der Waals surface area (Å²) in [5.41, 5.74) is 4.94. The first-order chi connectivity index (χ1) is 19.5. The van der Waals surface area contributed by atoms with Gasteiger partial charge in [0.25, 0.3) is 0 Å². The second-order valence-electron chi connectivity index (χ2n) is 9.09. The van der Waals surface area contributed by atoms with Gasteiger partial charge < -0.3 is 9.73 Å². The Hall–Kier alpha value is -3.96. The minimum absolute atomic E-state index is 0.0393. The molecule has 0 saturated heterocycles. The van der Waals surface area contributed by atoms with Gasteiger partial charge >= 0.3 is 11.8 Å². The molecule has 0 fully saturated rings. The highest BCUT2D eigenvalue weighted by molar-refractivity contribution is 7.89. The van der Waals surface area contributed by atoms with E-state index in [4.69, 9.17) is 27.6 Å². The van der Waals surface area contributed by atoms with Gasteiger partial charge in [-0.25, -0.2) is 13.8 Å². The van der Waals surface area contributed by atoms with Crippen molar-refractivity contribution in [3.63, 3.8) is 0 Å². The van der Waals surface area contributed by atoms with E-state index in [-0.39, 0.29) is 23.7 Å². The molecule has 2 amide bonds. The molecule has 0 unspecified atom stereocenters. The Kier molecular flexibility index (Phi) is 9.61. The van der Waals surface area contributed by atoms with Gasteiger partial charge in [0.15, 0.2) is 0 Å². The first kappa shape index (κ1) is 30.0. The van der Waals surface area contributed by atoms with E-state index in [9.17, 15) is 18.0 Å². The highest BCUT2D eigenvalue weighted by atomic mass is 35.5. The molecule has 2 N–H and O–H groups in total. The number of carbonyl (C=O) groups is 2. The number of furan rings is 1. The van der Waals surface area contributed by atoms with Gasteiger partial charge in [0, 0.05) is 22.3 Å². The first-order valence-electron chi connectivity index (χ1n) is 12.3. The molecular weight excluding hydrogens is 587 g/mol. The van der Waals surface area contributed by atoms with Gasteiger partial charge in [-0.15, -0.1) is 0 Å². The highest BCUT2D eigenvalue weighted by Crippen LogP contribution is 2.27. The summed E-state index contributed by atoms with van der Waals surface area (Å²) in [5.74, 6) is -1.30. The van der Waals surface area contributed by atoms with Crippen LogP contribution in [0.1, 0.15) is 28.2 Å². The zero-order valence-electron chi connectivity index (χ0n) is 22.1. The van der Waals surface area contributed by atoms with Crippen molar-refractivity contribution in [1.82, 2.24) is 9.73 Å². The Labute approximate surface area is 247 Å². The van der Waals surface area contributed by atoms with Crippen LogP contribution >= 0.6 is 23.2 Å². The maximum Gasteiger partial charge on any atom is 0.329 e. The van der Waals surface area contributed by atoms with Crippen LogP contribution in [0.5, 0.6) is 0 Å². The van der Waals surface area contributed by atoms with E-state index >= 15 is 0 Å². The van der Waals surface area contributed by atoms with Crippen molar-refractivity contribution >= 4 is 56.9 Å². The SMILES string of the molecule is Cc1ccc(S(=O)(=O)N(Cc2ccc(/C=N/NC(=O)C(=O)Nc3ccccc3C)o2)Cc2ccc(Cl)cc2Cl)cc1. The molecule has 9 nitrogen and oxygen atoms in total. The van der Waals surface area contributed by atoms with Crippen LogP contribution in [0.3, 0.4) is 0 Å². The largest absolute Gasteiger partial charge is 0.459 e. The Balaban J connectivity index is 1.47. The molecule has 0 radical (unpaired) electrons. The maximum absolute atomic E-state index is 13.6. The van der Waals surface area contributed by atoms with Crippen LogP contribution < -0.4 is 10.7 Å². The Bertz CT molecular complexity index is 1700. The first-order valence-corrected chi connectivity index (χ1v) is 14.5. The number of para-hydroxylation sites is 1. The molecule has 0 aliphatic rings. The third-order valence-electron chi connectivity index (χ3n) is 5.99. The summed E-state index contributed by atoms with van der Waals surface area (Å²) in [5, 5.41) is 7.05. The fourth-order valence-electron chi connectivity index (χ4n) is 3.75. The number of rotatable bonds is 9. The van der Waals surface area contributed by atoms with Crippen LogP contribution in [0.2, 0.25) is 10.0 Å². The molecule has 0 bridgehead atoms. The molecule has 0 atom stereocenters. The van der Waals surface area contributed by atoms with Crippen LogP contribution in [-0.2, 0) is 32.7 Å². The van der Waals surface area contributed by atoms with Crippen LogP contribution in [-0.4, -0.2) is 30.8 Å². The molecule has 0 aliphatic carbocycles. The minimum Gasteiger partial charge on any atom is -0.459 e. The maximum atomic E-state index is 13.6. The zero-order valence-corrected chi connectivity index (χ0v) is 24.4. The van der Waals surface area contributed by atoms with Gasteiger partial charge in [-0.2, -0.15) is 9.41 Å². The lowest BCUT2D eigenvalue weighted by atomic mass is 10.2. The molecule has 12 heteroatoms. The second kappa shape index (κ2) is 13.1. The Morgan fingerprint density at radius 3 is 2.37 bits per heavy atom. The van der Waals surface area contributed by atoms with Gasteiger partial charge in [0.1, 0.15) is 11.5 Å². The number of hydrazone groups is 1. The molecule has 0 spiro atoms. The van der Waals surface area contributed by atoms with Gasteiger partial charge in [0.2, 0.25) is 10.0 Å². The number of carbonyl (C=O) groups excluding carboxylic acids is 2. The van der Waals surface area contributed by atoms with E-state index in [0.29, 0.717) is 27.1 Å². The monoisotopic (exact) mass is 612 g/mol. The van der Waals surface area contributed by atoms with Gasteiger partial charge in [0.05, 0.1) is 17.7 Å². The molecule has 1 aromatic heterocycles. The normalized spacial score (nSPS) is 11.6. The molecule has 212 valence electrons. The molecular formula is C29H26Cl2N4O5S. The third kappa shape index (κ3) is 7.83. The van der Waals surface area contributed by atoms with Crippen molar-refractivity contribution < 1.29 is 22.4 Å². The summed E-state index contributed by atoms with van der Waals surface area (Å²) in [4.78, 5) is 24.4. The molecule has 3 aromatic carbocycles. The van der Waals surface area contributed by atoms with Crippen molar-refractivity contribution in [2.75, 3.05) is 5.32 Å². The zero-order chi connectivity index (χ0) is 29.6. The van der Waals surface area contributed by atoms with Gasteiger partial charge in [-0.3, -0.25) is 9.59 Å². The summed E-state index contributed by atoms with van der Waals surface area (Å²) < 4.78 is 34.2. The predicted molar refractivity (Wildman–Crippen MR) is 158 cm³/mol. The predicted octanol–water partition coefficient (Wildman–Crippen LogP) is 5.68. The average Bonchev–Trinajstić information content (AvgIpc) is 3.38. The number of halogens is 2. The van der Waals surface area contributed by atoms with E-state index < -0.39 is 21.8 Å². The number of amides is 2. The van der Waals surface area contributed by atoms with E-state index in [1.165, 1.54) is 10.5 Å². The molecule has 1 heterocycles. The fourth-order valence-corrected chi connectivity index (χ4v) is 5.60. The number of nitrogens with one attached hydrogen (secondary N) is 2. The number of hydrogen-bond acceptors (Lipinski definition) is 6. The Morgan fingerprint density at radius 1 is 0.927 bits per heavy atom.